The Balaban J connectivity index is 2.42. The average Bonchev–Trinajstić information content (AvgIpc) is 2.67. The Bertz CT molecular complexity index is 476. The van der Waals surface area contributed by atoms with Crippen LogP contribution in [-0.2, 0) is 6.42 Å². The minimum Gasteiger partial charge on any atom is -0.339 e. The fraction of sp³-hybridized carbons (Fsp3) is 0.273. The van der Waals surface area contributed by atoms with Crippen LogP contribution in [0, 0.1) is 0 Å². The second-order valence-corrected chi connectivity index (χ2v) is 4.17. The Morgan fingerprint density at radius 3 is 2.56 bits per heavy atom. The third-order valence-corrected chi connectivity index (χ3v) is 2.75. The molecule has 3 nitrogen and oxygen atoms in total. The largest absolute Gasteiger partial charge is 0.339 e. The van der Waals surface area contributed by atoms with E-state index in [1.165, 1.54) is 0 Å². The molecule has 0 bridgehead atoms. The molecule has 84 valence electrons. The van der Waals surface area contributed by atoms with E-state index in [2.05, 4.69) is 10.1 Å². The molecule has 0 spiro atoms. The Morgan fingerprint density at radius 2 is 1.94 bits per heavy atom. The molecule has 0 N–H and O–H groups in total. The summed E-state index contributed by atoms with van der Waals surface area (Å²) in [5, 5.41) is 4.92. The van der Waals surface area contributed by atoms with Gasteiger partial charge in [-0.3, -0.25) is 0 Å². The Labute approximate surface area is 103 Å². The lowest BCUT2D eigenvalue weighted by Crippen LogP contribution is -1.86. The highest BCUT2D eigenvalue weighted by Crippen LogP contribution is 2.32. The maximum absolute atomic E-state index is 6.04. The van der Waals surface area contributed by atoms with Crippen molar-refractivity contribution in [2.75, 3.05) is 0 Å². The van der Waals surface area contributed by atoms with Gasteiger partial charge < -0.3 is 4.52 Å². The van der Waals surface area contributed by atoms with Crippen molar-refractivity contribution < 1.29 is 4.52 Å². The van der Waals surface area contributed by atoms with Crippen LogP contribution >= 0.6 is 23.2 Å². The molecule has 0 saturated heterocycles. The summed E-state index contributed by atoms with van der Waals surface area (Å²) in [5.41, 5.74) is 0.622. The van der Waals surface area contributed by atoms with Gasteiger partial charge in [0.2, 0.25) is 11.7 Å². The molecule has 1 heterocycles. The van der Waals surface area contributed by atoms with E-state index in [0.717, 1.165) is 12.8 Å². The summed E-state index contributed by atoms with van der Waals surface area (Å²) in [4.78, 5) is 4.25. The summed E-state index contributed by atoms with van der Waals surface area (Å²) < 4.78 is 5.09. The zero-order chi connectivity index (χ0) is 11.5. The summed E-state index contributed by atoms with van der Waals surface area (Å²) >= 11 is 12.1. The zero-order valence-electron chi connectivity index (χ0n) is 8.70. The first kappa shape index (κ1) is 11.4. The molecule has 0 aliphatic heterocycles. The normalized spacial score (nSPS) is 10.7. The number of hydrogen-bond donors (Lipinski definition) is 0. The smallest absolute Gasteiger partial charge is 0.226 e. The van der Waals surface area contributed by atoms with E-state index in [0.29, 0.717) is 27.3 Å². The van der Waals surface area contributed by atoms with Crippen molar-refractivity contribution in [3.05, 3.63) is 34.1 Å². The first-order valence-electron chi connectivity index (χ1n) is 4.99. The molecule has 0 radical (unpaired) electrons. The summed E-state index contributed by atoms with van der Waals surface area (Å²) in [6.45, 7) is 2.05. The molecule has 0 aliphatic carbocycles. The molecule has 2 rings (SSSR count). The highest BCUT2D eigenvalue weighted by atomic mass is 35.5. The maximum atomic E-state index is 6.04. The molecule has 0 aliphatic rings. The van der Waals surface area contributed by atoms with Gasteiger partial charge in [-0.25, -0.2) is 0 Å². The van der Waals surface area contributed by atoms with Crippen LogP contribution in [0.1, 0.15) is 19.2 Å². The topological polar surface area (TPSA) is 38.9 Å². The third kappa shape index (κ3) is 2.20. The number of benzene rings is 1. The second kappa shape index (κ2) is 4.85. The van der Waals surface area contributed by atoms with Gasteiger partial charge in [0.25, 0.3) is 0 Å². The SMILES string of the molecule is CCCc1nc(-c2c(Cl)cccc2Cl)no1. The Morgan fingerprint density at radius 1 is 1.25 bits per heavy atom. The van der Waals surface area contributed by atoms with Crippen molar-refractivity contribution in [2.45, 2.75) is 19.8 Å². The first-order chi connectivity index (χ1) is 7.72. The van der Waals surface area contributed by atoms with E-state index in [1.54, 1.807) is 18.2 Å². The van der Waals surface area contributed by atoms with Crippen LogP contribution in [-0.4, -0.2) is 10.1 Å². The van der Waals surface area contributed by atoms with Gasteiger partial charge in [0.15, 0.2) is 0 Å². The highest BCUT2D eigenvalue weighted by molar-refractivity contribution is 6.38. The van der Waals surface area contributed by atoms with E-state index in [-0.39, 0.29) is 0 Å². The Hall–Kier alpha value is -1.06. The van der Waals surface area contributed by atoms with Crippen LogP contribution < -0.4 is 0 Å². The summed E-state index contributed by atoms with van der Waals surface area (Å²) in [7, 11) is 0. The zero-order valence-corrected chi connectivity index (χ0v) is 10.2. The highest BCUT2D eigenvalue weighted by Gasteiger charge is 2.14. The third-order valence-electron chi connectivity index (χ3n) is 2.12. The summed E-state index contributed by atoms with van der Waals surface area (Å²) in [6.07, 6.45) is 1.72. The van der Waals surface area contributed by atoms with Gasteiger partial charge in [-0.15, -0.1) is 0 Å². The minimum absolute atomic E-state index is 0.444. The van der Waals surface area contributed by atoms with Crippen molar-refractivity contribution >= 4 is 23.2 Å². The minimum atomic E-state index is 0.444. The van der Waals surface area contributed by atoms with Gasteiger partial charge in [-0.1, -0.05) is 41.3 Å². The molecule has 16 heavy (non-hydrogen) atoms. The lowest BCUT2D eigenvalue weighted by Gasteiger charge is -2.00. The van der Waals surface area contributed by atoms with Crippen LogP contribution in [0.2, 0.25) is 10.0 Å². The summed E-state index contributed by atoms with van der Waals surface area (Å²) in [5.74, 6) is 1.05. The van der Waals surface area contributed by atoms with Gasteiger partial charge in [0.1, 0.15) is 0 Å². The van der Waals surface area contributed by atoms with Crippen molar-refractivity contribution in [1.29, 1.82) is 0 Å². The number of nitrogens with zero attached hydrogens (tertiary/aromatic N) is 2. The quantitative estimate of drug-likeness (QED) is 0.834. The van der Waals surface area contributed by atoms with Crippen molar-refractivity contribution in [3.8, 4) is 11.4 Å². The van der Waals surface area contributed by atoms with E-state index in [9.17, 15) is 0 Å². The van der Waals surface area contributed by atoms with E-state index >= 15 is 0 Å². The van der Waals surface area contributed by atoms with Crippen LogP contribution in [0.3, 0.4) is 0 Å². The predicted octanol–water partition coefficient (Wildman–Crippen LogP) is 4.00. The molecular formula is C11H10Cl2N2O. The molecule has 2 aromatic rings. The van der Waals surface area contributed by atoms with Crippen molar-refractivity contribution in [1.82, 2.24) is 10.1 Å². The molecule has 1 aromatic carbocycles. The van der Waals surface area contributed by atoms with Gasteiger partial charge >= 0.3 is 0 Å². The lowest BCUT2D eigenvalue weighted by atomic mass is 10.2. The van der Waals surface area contributed by atoms with Gasteiger partial charge in [0, 0.05) is 6.42 Å². The van der Waals surface area contributed by atoms with Crippen LogP contribution in [0.5, 0.6) is 0 Å². The molecule has 5 heteroatoms. The van der Waals surface area contributed by atoms with E-state index in [1.807, 2.05) is 6.92 Å². The first-order valence-corrected chi connectivity index (χ1v) is 5.75. The number of aromatic nitrogens is 2. The van der Waals surface area contributed by atoms with E-state index < -0.39 is 0 Å². The Kier molecular flexibility index (Phi) is 3.46. The van der Waals surface area contributed by atoms with Crippen LogP contribution in [0.4, 0.5) is 0 Å². The van der Waals surface area contributed by atoms with Gasteiger partial charge in [0.05, 0.1) is 15.6 Å². The molecule has 1 aromatic heterocycles. The molecule has 0 fully saturated rings. The second-order valence-electron chi connectivity index (χ2n) is 3.36. The fourth-order valence-corrected chi connectivity index (χ4v) is 1.95. The van der Waals surface area contributed by atoms with Crippen molar-refractivity contribution in [2.24, 2.45) is 0 Å². The standard InChI is InChI=1S/C11H10Cl2N2O/c1-2-4-9-14-11(15-16-9)10-7(12)5-3-6-8(10)13/h3,5-6H,2,4H2,1H3. The van der Waals surface area contributed by atoms with Gasteiger partial charge in [-0.05, 0) is 18.6 Å². The molecule has 0 saturated carbocycles. The van der Waals surface area contributed by atoms with Crippen LogP contribution in [0.25, 0.3) is 11.4 Å². The predicted molar refractivity (Wildman–Crippen MR) is 63.7 cm³/mol. The molecule has 0 atom stereocenters. The monoisotopic (exact) mass is 256 g/mol. The number of aryl methyl sites for hydroxylation is 1. The number of halogens is 2. The maximum Gasteiger partial charge on any atom is 0.226 e. The number of hydrogen-bond acceptors (Lipinski definition) is 3. The van der Waals surface area contributed by atoms with Gasteiger partial charge in [-0.2, -0.15) is 4.98 Å². The van der Waals surface area contributed by atoms with Crippen molar-refractivity contribution in [3.63, 3.8) is 0 Å². The van der Waals surface area contributed by atoms with Crippen LogP contribution in [0.15, 0.2) is 22.7 Å². The fourth-order valence-electron chi connectivity index (χ4n) is 1.38. The average molecular weight is 257 g/mol. The number of rotatable bonds is 3. The lowest BCUT2D eigenvalue weighted by molar-refractivity contribution is 0.378. The summed E-state index contributed by atoms with van der Waals surface area (Å²) in [6, 6.07) is 5.28. The molecule has 0 amide bonds. The molecular weight excluding hydrogens is 247 g/mol. The molecule has 0 unspecified atom stereocenters. The van der Waals surface area contributed by atoms with E-state index in [4.69, 9.17) is 27.7 Å².